The maximum atomic E-state index is 12.6. The molecule has 0 bridgehead atoms. The number of alkyl halides is 1. The standard InChI is InChI=1S/C7H8FNO3S/c1-3-4(2)12-7(9-3)13-5(8)6(10)11/h5H,1-2H3,(H,10,11). The van der Waals surface area contributed by atoms with Gasteiger partial charge in [0.2, 0.25) is 0 Å². The molecule has 1 N–H and O–H groups in total. The fourth-order valence-electron chi connectivity index (χ4n) is 0.633. The molecular formula is C7H8FNO3S. The van der Waals surface area contributed by atoms with Crippen molar-refractivity contribution >= 4 is 17.7 Å². The van der Waals surface area contributed by atoms with Crippen molar-refractivity contribution in [2.75, 3.05) is 0 Å². The van der Waals surface area contributed by atoms with Crippen LogP contribution in [0.5, 0.6) is 0 Å². The van der Waals surface area contributed by atoms with Gasteiger partial charge in [0.1, 0.15) is 5.76 Å². The van der Waals surface area contributed by atoms with Crippen molar-refractivity contribution < 1.29 is 18.7 Å². The Morgan fingerprint density at radius 3 is 2.69 bits per heavy atom. The molecule has 0 aliphatic rings. The van der Waals surface area contributed by atoms with Gasteiger partial charge >= 0.3 is 5.97 Å². The van der Waals surface area contributed by atoms with E-state index in [-0.39, 0.29) is 5.22 Å². The second-order valence-electron chi connectivity index (χ2n) is 2.39. The molecular weight excluding hydrogens is 197 g/mol. The van der Waals surface area contributed by atoms with Gasteiger partial charge < -0.3 is 9.52 Å². The van der Waals surface area contributed by atoms with Crippen LogP contribution in [-0.2, 0) is 4.79 Å². The molecule has 0 radical (unpaired) electrons. The highest BCUT2D eigenvalue weighted by atomic mass is 32.2. The molecule has 1 unspecified atom stereocenters. The summed E-state index contributed by atoms with van der Waals surface area (Å²) in [5.41, 5.74) is -1.39. The van der Waals surface area contributed by atoms with Gasteiger partial charge in [0, 0.05) is 0 Å². The first-order chi connectivity index (χ1) is 6.00. The van der Waals surface area contributed by atoms with Crippen molar-refractivity contribution in [1.29, 1.82) is 0 Å². The van der Waals surface area contributed by atoms with E-state index in [1.54, 1.807) is 13.8 Å². The molecule has 0 saturated carbocycles. The number of carboxylic acid groups (broad SMARTS) is 1. The second kappa shape index (κ2) is 3.78. The number of thioether (sulfide) groups is 1. The molecule has 0 amide bonds. The smallest absolute Gasteiger partial charge is 0.349 e. The summed E-state index contributed by atoms with van der Waals surface area (Å²) in [4.78, 5) is 14.0. The van der Waals surface area contributed by atoms with Crippen LogP contribution in [0.25, 0.3) is 0 Å². The molecule has 4 nitrogen and oxygen atoms in total. The highest BCUT2D eigenvalue weighted by molar-refractivity contribution is 8.00. The molecule has 0 aliphatic carbocycles. The number of carbonyl (C=O) groups is 1. The monoisotopic (exact) mass is 205 g/mol. The average Bonchev–Trinajstić information content (AvgIpc) is 2.31. The van der Waals surface area contributed by atoms with Gasteiger partial charge in [-0.2, -0.15) is 0 Å². The van der Waals surface area contributed by atoms with E-state index in [0.717, 1.165) is 0 Å². The van der Waals surface area contributed by atoms with Gasteiger partial charge in [-0.3, -0.25) is 0 Å². The number of aryl methyl sites for hydroxylation is 2. The van der Waals surface area contributed by atoms with Gasteiger partial charge in [-0.1, -0.05) is 0 Å². The number of halogens is 1. The third-order valence-electron chi connectivity index (χ3n) is 1.41. The lowest BCUT2D eigenvalue weighted by Gasteiger charge is -1.96. The topological polar surface area (TPSA) is 63.3 Å². The van der Waals surface area contributed by atoms with E-state index in [1.165, 1.54) is 0 Å². The summed E-state index contributed by atoms with van der Waals surface area (Å²) in [7, 11) is 0. The predicted octanol–water partition coefficient (Wildman–Crippen LogP) is 1.76. The quantitative estimate of drug-likeness (QED) is 0.762. The zero-order valence-corrected chi connectivity index (χ0v) is 7.89. The fourth-order valence-corrected chi connectivity index (χ4v) is 1.27. The summed E-state index contributed by atoms with van der Waals surface area (Å²) in [6, 6.07) is 0. The van der Waals surface area contributed by atoms with E-state index in [1.807, 2.05) is 0 Å². The van der Waals surface area contributed by atoms with E-state index in [9.17, 15) is 9.18 Å². The van der Waals surface area contributed by atoms with Crippen LogP contribution in [0.3, 0.4) is 0 Å². The molecule has 0 aliphatic heterocycles. The van der Waals surface area contributed by atoms with E-state index < -0.39 is 11.5 Å². The third kappa shape index (κ3) is 2.45. The van der Waals surface area contributed by atoms with Crippen LogP contribution >= 0.6 is 11.8 Å². The molecule has 1 aromatic rings. The Morgan fingerprint density at radius 1 is 1.69 bits per heavy atom. The summed E-state index contributed by atoms with van der Waals surface area (Å²) < 4.78 is 17.6. The van der Waals surface area contributed by atoms with E-state index in [2.05, 4.69) is 4.98 Å². The Labute approximate surface area is 78.1 Å². The number of oxazole rings is 1. The van der Waals surface area contributed by atoms with Crippen molar-refractivity contribution in [2.45, 2.75) is 24.6 Å². The molecule has 6 heteroatoms. The van der Waals surface area contributed by atoms with E-state index in [4.69, 9.17) is 9.52 Å². The first-order valence-corrected chi connectivity index (χ1v) is 4.36. The van der Waals surface area contributed by atoms with Crippen LogP contribution in [-0.4, -0.2) is 21.6 Å². The molecule has 0 spiro atoms. The predicted molar refractivity (Wildman–Crippen MR) is 44.4 cm³/mol. The number of aliphatic carboxylic acids is 1. The molecule has 72 valence electrons. The molecule has 13 heavy (non-hydrogen) atoms. The first kappa shape index (κ1) is 10.0. The lowest BCUT2D eigenvalue weighted by Crippen LogP contribution is -2.09. The zero-order chi connectivity index (χ0) is 10.0. The second-order valence-corrected chi connectivity index (χ2v) is 3.39. The highest BCUT2D eigenvalue weighted by Crippen LogP contribution is 2.25. The van der Waals surface area contributed by atoms with Gasteiger partial charge in [-0.15, -0.1) is 0 Å². The van der Waals surface area contributed by atoms with Crippen LogP contribution in [0, 0.1) is 13.8 Å². The minimum atomic E-state index is -2.03. The van der Waals surface area contributed by atoms with Crippen LogP contribution in [0.15, 0.2) is 9.64 Å². The van der Waals surface area contributed by atoms with Crippen molar-refractivity contribution in [3.63, 3.8) is 0 Å². The van der Waals surface area contributed by atoms with Crippen LogP contribution in [0.2, 0.25) is 0 Å². The summed E-state index contributed by atoms with van der Waals surface area (Å²) >= 11 is 0.443. The number of aromatic nitrogens is 1. The summed E-state index contributed by atoms with van der Waals surface area (Å²) in [6.45, 7) is 3.39. The van der Waals surface area contributed by atoms with Crippen LogP contribution in [0.4, 0.5) is 4.39 Å². The molecule has 1 aromatic heterocycles. The highest BCUT2D eigenvalue weighted by Gasteiger charge is 2.20. The normalized spacial score (nSPS) is 12.8. The molecule has 1 rings (SSSR count). The number of hydrogen-bond donors (Lipinski definition) is 1. The van der Waals surface area contributed by atoms with Gasteiger partial charge in [-0.05, 0) is 25.6 Å². The van der Waals surface area contributed by atoms with Gasteiger partial charge in [0.25, 0.3) is 10.7 Å². The summed E-state index contributed by atoms with van der Waals surface area (Å²) in [5, 5.41) is 8.30. The molecule has 0 fully saturated rings. The van der Waals surface area contributed by atoms with Crippen molar-refractivity contribution in [3.8, 4) is 0 Å². The Bertz CT molecular complexity index is 306. The van der Waals surface area contributed by atoms with Gasteiger partial charge in [-0.25, -0.2) is 14.2 Å². The first-order valence-electron chi connectivity index (χ1n) is 3.48. The molecule has 0 aromatic carbocycles. The lowest BCUT2D eigenvalue weighted by atomic mass is 10.4. The number of nitrogens with zero attached hydrogens (tertiary/aromatic N) is 1. The van der Waals surface area contributed by atoms with E-state index >= 15 is 0 Å². The van der Waals surface area contributed by atoms with E-state index in [0.29, 0.717) is 23.2 Å². The maximum absolute atomic E-state index is 12.6. The Hall–Kier alpha value is -1.04. The summed E-state index contributed by atoms with van der Waals surface area (Å²) in [6.07, 6.45) is 0. The van der Waals surface area contributed by atoms with Crippen molar-refractivity contribution in [2.24, 2.45) is 0 Å². The fraction of sp³-hybridized carbons (Fsp3) is 0.429. The SMILES string of the molecule is Cc1nc(SC(F)C(=O)O)oc1C. The molecule has 1 atom stereocenters. The molecule has 1 heterocycles. The number of rotatable bonds is 3. The third-order valence-corrected chi connectivity index (χ3v) is 2.19. The maximum Gasteiger partial charge on any atom is 0.349 e. The Kier molecular flexibility index (Phi) is 2.92. The van der Waals surface area contributed by atoms with Crippen molar-refractivity contribution in [1.82, 2.24) is 4.98 Å². The number of carboxylic acids is 1. The molecule has 0 saturated heterocycles. The van der Waals surface area contributed by atoms with Crippen LogP contribution < -0.4 is 0 Å². The van der Waals surface area contributed by atoms with Crippen LogP contribution in [0.1, 0.15) is 11.5 Å². The Balaban J connectivity index is 2.69. The van der Waals surface area contributed by atoms with Crippen molar-refractivity contribution in [3.05, 3.63) is 11.5 Å². The largest absolute Gasteiger partial charge is 0.478 e. The number of hydrogen-bond acceptors (Lipinski definition) is 4. The van der Waals surface area contributed by atoms with Gasteiger partial charge in [0.15, 0.2) is 0 Å². The zero-order valence-electron chi connectivity index (χ0n) is 7.07. The lowest BCUT2D eigenvalue weighted by molar-refractivity contribution is -0.139. The van der Waals surface area contributed by atoms with Gasteiger partial charge in [0.05, 0.1) is 5.69 Å². The average molecular weight is 205 g/mol. The Morgan fingerprint density at radius 2 is 2.31 bits per heavy atom. The minimum absolute atomic E-state index is 0.0462. The summed E-state index contributed by atoms with van der Waals surface area (Å²) in [5.74, 6) is -0.960. The minimum Gasteiger partial charge on any atom is -0.478 e.